The van der Waals surface area contributed by atoms with Crippen LogP contribution in [0.2, 0.25) is 0 Å². The van der Waals surface area contributed by atoms with Crippen molar-refractivity contribution < 1.29 is 0 Å². The Morgan fingerprint density at radius 3 is 2.10 bits per heavy atom. The number of hydrogen-bond donors (Lipinski definition) is 0. The second-order valence-electron chi connectivity index (χ2n) is 10.4. The molecule has 0 amide bonds. The molecule has 1 aromatic heterocycles. The van der Waals surface area contributed by atoms with E-state index in [1.165, 1.54) is 57.2 Å². The molecule has 6 rings (SSSR count). The average Bonchev–Trinajstić information content (AvgIpc) is 2.78. The molecule has 2 aliphatic carbocycles. The van der Waals surface area contributed by atoms with Crippen molar-refractivity contribution in [3.63, 3.8) is 0 Å². The maximum Gasteiger partial charge on any atom is 0.0715 e. The predicted molar refractivity (Wildman–Crippen MR) is 130 cm³/mol. The van der Waals surface area contributed by atoms with Crippen LogP contribution >= 0.6 is 0 Å². The Bertz CT molecular complexity index is 1360. The van der Waals surface area contributed by atoms with Crippen LogP contribution in [0.4, 0.5) is 0 Å². The lowest BCUT2D eigenvalue weighted by Gasteiger charge is -2.44. The molecule has 0 saturated heterocycles. The minimum absolute atomic E-state index is 0.00230. The SMILES string of the molecule is CC1(C)c2ccccc2C(C)(C)c2cc(-c3cc4c5c(cccc5n3)CCC4)ccc21. The van der Waals surface area contributed by atoms with Crippen molar-refractivity contribution in [2.24, 2.45) is 0 Å². The molecule has 0 N–H and O–H groups in total. The van der Waals surface area contributed by atoms with E-state index in [0.717, 1.165) is 17.6 Å². The first-order valence-corrected chi connectivity index (χ1v) is 11.5. The second-order valence-corrected chi connectivity index (χ2v) is 10.4. The molecule has 2 aliphatic rings. The Labute approximate surface area is 185 Å². The second kappa shape index (κ2) is 6.29. The Kier molecular flexibility index (Phi) is 3.82. The van der Waals surface area contributed by atoms with Gasteiger partial charge in [-0.05, 0) is 70.8 Å². The summed E-state index contributed by atoms with van der Waals surface area (Å²) in [6.07, 6.45) is 3.56. The number of pyridine rings is 1. The van der Waals surface area contributed by atoms with Crippen LogP contribution in [0, 0.1) is 0 Å². The highest BCUT2D eigenvalue weighted by Crippen LogP contribution is 2.50. The summed E-state index contributed by atoms with van der Waals surface area (Å²) >= 11 is 0. The highest BCUT2D eigenvalue weighted by molar-refractivity contribution is 5.89. The first-order valence-electron chi connectivity index (χ1n) is 11.5. The van der Waals surface area contributed by atoms with Gasteiger partial charge in [-0.25, -0.2) is 4.98 Å². The molecule has 1 heteroatoms. The fraction of sp³-hybridized carbons (Fsp3) is 0.300. The van der Waals surface area contributed by atoms with Crippen molar-refractivity contribution in [3.05, 3.63) is 100 Å². The van der Waals surface area contributed by atoms with Gasteiger partial charge in [0.2, 0.25) is 0 Å². The topological polar surface area (TPSA) is 12.9 Å². The molecule has 154 valence electrons. The number of fused-ring (bicyclic) bond motifs is 2. The van der Waals surface area contributed by atoms with E-state index in [9.17, 15) is 0 Å². The van der Waals surface area contributed by atoms with Gasteiger partial charge < -0.3 is 0 Å². The van der Waals surface area contributed by atoms with Crippen molar-refractivity contribution in [1.29, 1.82) is 0 Å². The molecule has 1 nitrogen and oxygen atoms in total. The molecule has 4 aromatic rings. The standard InChI is InChI=1S/C30H29N/c1-29(2)22-12-5-6-13-23(22)30(3,4)25-17-20(15-16-24(25)29)27-18-21-11-7-9-19-10-8-14-26(31-27)28(19)21/h5-6,8,10,12-18H,7,9,11H2,1-4H3. The van der Waals surface area contributed by atoms with Crippen LogP contribution in [-0.2, 0) is 23.7 Å². The summed E-state index contributed by atoms with van der Waals surface area (Å²) in [6.45, 7) is 9.46. The van der Waals surface area contributed by atoms with E-state index in [0.29, 0.717) is 0 Å². The first kappa shape index (κ1) is 18.8. The lowest BCUT2D eigenvalue weighted by Crippen LogP contribution is -2.36. The lowest BCUT2D eigenvalue weighted by atomic mass is 9.60. The Morgan fingerprint density at radius 1 is 0.645 bits per heavy atom. The van der Waals surface area contributed by atoms with Gasteiger partial charge in [-0.1, -0.05) is 76.2 Å². The van der Waals surface area contributed by atoms with E-state index in [1.54, 1.807) is 0 Å². The van der Waals surface area contributed by atoms with E-state index in [-0.39, 0.29) is 10.8 Å². The van der Waals surface area contributed by atoms with E-state index in [1.807, 2.05) is 0 Å². The molecule has 0 spiro atoms. The smallest absolute Gasteiger partial charge is 0.0715 e. The Balaban J connectivity index is 1.57. The number of hydrogen-bond acceptors (Lipinski definition) is 1. The zero-order valence-electron chi connectivity index (χ0n) is 18.9. The largest absolute Gasteiger partial charge is 0.248 e. The third kappa shape index (κ3) is 2.59. The Hall–Kier alpha value is -2.93. The first-order chi connectivity index (χ1) is 14.9. The molecule has 3 aromatic carbocycles. The van der Waals surface area contributed by atoms with Gasteiger partial charge in [0.1, 0.15) is 0 Å². The van der Waals surface area contributed by atoms with Gasteiger partial charge in [0, 0.05) is 21.8 Å². The third-order valence-corrected chi connectivity index (χ3v) is 7.83. The van der Waals surface area contributed by atoms with E-state index in [4.69, 9.17) is 4.98 Å². The van der Waals surface area contributed by atoms with Crippen molar-refractivity contribution in [1.82, 2.24) is 4.98 Å². The van der Waals surface area contributed by atoms with Crippen LogP contribution in [0.1, 0.15) is 67.5 Å². The summed E-state index contributed by atoms with van der Waals surface area (Å²) in [5, 5.41) is 1.39. The highest BCUT2D eigenvalue weighted by atomic mass is 14.7. The zero-order valence-corrected chi connectivity index (χ0v) is 18.9. The summed E-state index contributed by atoms with van der Waals surface area (Å²) in [5.74, 6) is 0. The zero-order chi connectivity index (χ0) is 21.4. The number of rotatable bonds is 1. The normalized spacial score (nSPS) is 17.8. The van der Waals surface area contributed by atoms with E-state index >= 15 is 0 Å². The molecule has 31 heavy (non-hydrogen) atoms. The van der Waals surface area contributed by atoms with Crippen molar-refractivity contribution >= 4 is 10.9 Å². The maximum absolute atomic E-state index is 5.13. The molecule has 0 radical (unpaired) electrons. The molecular formula is C30H29N. The highest BCUT2D eigenvalue weighted by Gasteiger charge is 2.41. The molecule has 0 bridgehead atoms. The van der Waals surface area contributed by atoms with Gasteiger partial charge in [-0.2, -0.15) is 0 Å². The Morgan fingerprint density at radius 2 is 1.32 bits per heavy atom. The summed E-state index contributed by atoms with van der Waals surface area (Å²) < 4.78 is 0. The molecule has 1 heterocycles. The van der Waals surface area contributed by atoms with Crippen molar-refractivity contribution in [3.8, 4) is 11.3 Å². The van der Waals surface area contributed by atoms with Crippen molar-refractivity contribution in [2.75, 3.05) is 0 Å². The van der Waals surface area contributed by atoms with Gasteiger partial charge in [-0.3, -0.25) is 0 Å². The fourth-order valence-electron chi connectivity index (χ4n) is 6.10. The molecule has 0 unspecified atom stereocenters. The number of aryl methyl sites for hydroxylation is 2. The molecule has 0 atom stereocenters. The van der Waals surface area contributed by atoms with Crippen molar-refractivity contribution in [2.45, 2.75) is 57.8 Å². The summed E-state index contributed by atoms with van der Waals surface area (Å²) in [7, 11) is 0. The van der Waals surface area contributed by atoms with Gasteiger partial charge in [0.25, 0.3) is 0 Å². The molecule has 0 saturated carbocycles. The minimum Gasteiger partial charge on any atom is -0.248 e. The van der Waals surface area contributed by atoms with Crippen LogP contribution in [-0.4, -0.2) is 4.98 Å². The number of nitrogens with zero attached hydrogens (tertiary/aromatic N) is 1. The molecule has 0 fully saturated rings. The lowest BCUT2D eigenvalue weighted by molar-refractivity contribution is 0.521. The van der Waals surface area contributed by atoms with Gasteiger partial charge >= 0.3 is 0 Å². The quantitative estimate of drug-likeness (QED) is 0.324. The van der Waals surface area contributed by atoms with Gasteiger partial charge in [-0.15, -0.1) is 0 Å². The summed E-state index contributed by atoms with van der Waals surface area (Å²) in [4.78, 5) is 5.13. The maximum atomic E-state index is 5.13. The number of benzene rings is 3. The van der Waals surface area contributed by atoms with Crippen LogP contribution in [0.3, 0.4) is 0 Å². The summed E-state index contributed by atoms with van der Waals surface area (Å²) in [5.41, 5.74) is 12.1. The fourth-order valence-corrected chi connectivity index (χ4v) is 6.10. The van der Waals surface area contributed by atoms with Crippen LogP contribution in [0.5, 0.6) is 0 Å². The predicted octanol–water partition coefficient (Wildman–Crippen LogP) is 7.36. The third-order valence-electron chi connectivity index (χ3n) is 7.83. The van der Waals surface area contributed by atoms with E-state index < -0.39 is 0 Å². The molecular weight excluding hydrogens is 374 g/mol. The summed E-state index contributed by atoms with van der Waals surface area (Å²) in [6, 6.07) is 25.0. The molecule has 0 aliphatic heterocycles. The van der Waals surface area contributed by atoms with Crippen LogP contribution in [0.25, 0.3) is 22.2 Å². The number of aromatic nitrogens is 1. The van der Waals surface area contributed by atoms with Gasteiger partial charge in [0.15, 0.2) is 0 Å². The van der Waals surface area contributed by atoms with E-state index in [2.05, 4.69) is 94.4 Å². The average molecular weight is 404 g/mol. The minimum atomic E-state index is -0.0320. The van der Waals surface area contributed by atoms with Gasteiger partial charge in [0.05, 0.1) is 11.2 Å². The monoisotopic (exact) mass is 403 g/mol. The van der Waals surface area contributed by atoms with Crippen LogP contribution < -0.4 is 0 Å². The van der Waals surface area contributed by atoms with Crippen LogP contribution in [0.15, 0.2) is 66.7 Å².